The molecule has 0 spiro atoms. The number of benzene rings is 2. The molecule has 4 aromatic rings. The topological polar surface area (TPSA) is 87.9 Å². The molecule has 0 radical (unpaired) electrons. The number of hydrogen-bond acceptors (Lipinski definition) is 6. The summed E-state index contributed by atoms with van der Waals surface area (Å²) >= 11 is 1.11. The Kier molecular flexibility index (Phi) is 6.19. The summed E-state index contributed by atoms with van der Waals surface area (Å²) in [6.45, 7) is -2.96. The Morgan fingerprint density at radius 3 is 2.69 bits per heavy atom. The zero-order valence-electron chi connectivity index (χ0n) is 18.0. The number of amidine groups is 1. The van der Waals surface area contributed by atoms with Crippen LogP contribution in [0.15, 0.2) is 88.2 Å². The van der Waals surface area contributed by atoms with Crippen LogP contribution < -0.4 is 9.64 Å². The number of ether oxygens (including phenoxy) is 1. The fraction of sp³-hybridized carbons (Fsp3) is 0.0800. The van der Waals surface area contributed by atoms with Crippen molar-refractivity contribution in [2.24, 2.45) is 4.99 Å². The molecule has 0 atom stereocenters. The number of nitrogens with one attached hydrogen (secondary N) is 1. The molecular weight excluding hydrogens is 476 g/mol. The van der Waals surface area contributed by atoms with E-state index in [0.717, 1.165) is 22.7 Å². The van der Waals surface area contributed by atoms with Gasteiger partial charge in [-0.2, -0.15) is 8.78 Å². The van der Waals surface area contributed by atoms with Gasteiger partial charge in [0.25, 0.3) is 5.91 Å². The number of Topliss-reactive ketones (excluding diaryl/α,β-unsaturated/α-hetero) is 1. The highest BCUT2D eigenvalue weighted by molar-refractivity contribution is 8.14. The standard InChI is InChI=1S/C25H17F2N3O4S/c26-24(27)34-16-9-7-15(8-10-16)30-23(32)21(12-17-4-3-11-33-17)29-25(30)35-14-22(31)19-13-28-20-6-2-1-5-18(19)20/h1-13,24,28H,14H2/b21-12+. The van der Waals surface area contributed by atoms with Gasteiger partial charge in [-0.05, 0) is 42.5 Å². The van der Waals surface area contributed by atoms with Crippen molar-refractivity contribution in [3.8, 4) is 5.75 Å². The van der Waals surface area contributed by atoms with Crippen molar-refractivity contribution in [1.82, 2.24) is 4.98 Å². The first-order chi connectivity index (χ1) is 17.0. The van der Waals surface area contributed by atoms with Gasteiger partial charge < -0.3 is 14.1 Å². The Labute approximate surface area is 202 Å². The van der Waals surface area contributed by atoms with Crippen molar-refractivity contribution in [2.75, 3.05) is 10.7 Å². The summed E-state index contributed by atoms with van der Waals surface area (Å²) in [5, 5.41) is 1.09. The van der Waals surface area contributed by atoms with E-state index in [1.54, 1.807) is 18.3 Å². The minimum absolute atomic E-state index is 0.0328. The Morgan fingerprint density at radius 2 is 1.94 bits per heavy atom. The van der Waals surface area contributed by atoms with Crippen LogP contribution in [0.3, 0.4) is 0 Å². The molecule has 176 valence electrons. The van der Waals surface area contributed by atoms with Gasteiger partial charge in [0.05, 0.1) is 17.7 Å². The van der Waals surface area contributed by atoms with E-state index in [0.29, 0.717) is 17.0 Å². The summed E-state index contributed by atoms with van der Waals surface area (Å²) in [6.07, 6.45) is 4.64. The molecule has 0 unspecified atom stereocenters. The summed E-state index contributed by atoms with van der Waals surface area (Å²) in [6, 6.07) is 16.5. The molecule has 1 aliphatic rings. The fourth-order valence-electron chi connectivity index (χ4n) is 3.62. The second-order valence-electron chi connectivity index (χ2n) is 7.41. The number of ketones is 1. The number of alkyl halides is 2. The Bertz CT molecular complexity index is 1440. The molecule has 0 bridgehead atoms. The number of halogens is 2. The predicted octanol–water partition coefficient (Wildman–Crippen LogP) is 5.72. The number of H-pyrrole nitrogens is 1. The van der Waals surface area contributed by atoms with Crippen molar-refractivity contribution >= 4 is 51.3 Å². The van der Waals surface area contributed by atoms with Gasteiger partial charge in [0.2, 0.25) is 0 Å². The Balaban J connectivity index is 1.41. The van der Waals surface area contributed by atoms with Gasteiger partial charge in [-0.3, -0.25) is 14.5 Å². The molecule has 2 aromatic carbocycles. The van der Waals surface area contributed by atoms with Gasteiger partial charge in [-0.1, -0.05) is 30.0 Å². The van der Waals surface area contributed by atoms with Gasteiger partial charge in [-0.15, -0.1) is 0 Å². The zero-order valence-corrected chi connectivity index (χ0v) is 18.8. The number of nitrogens with zero attached hydrogens (tertiary/aromatic N) is 2. The number of amides is 1. The number of aliphatic imine (C=N–C) groups is 1. The summed E-state index contributed by atoms with van der Waals surface area (Å²) in [4.78, 5) is 35.0. The number of rotatable bonds is 7. The van der Waals surface area contributed by atoms with E-state index in [2.05, 4.69) is 14.7 Å². The van der Waals surface area contributed by atoms with Gasteiger partial charge in [0, 0.05) is 28.7 Å². The van der Waals surface area contributed by atoms with Crippen molar-refractivity contribution in [2.45, 2.75) is 6.61 Å². The Hall–Kier alpha value is -4.18. The van der Waals surface area contributed by atoms with Crippen LogP contribution in [0.1, 0.15) is 16.1 Å². The average molecular weight is 493 g/mol. The number of aromatic nitrogens is 1. The molecule has 7 nitrogen and oxygen atoms in total. The van der Waals surface area contributed by atoms with E-state index in [1.165, 1.54) is 41.5 Å². The molecule has 1 N–H and O–H groups in total. The van der Waals surface area contributed by atoms with Gasteiger partial charge in [0.1, 0.15) is 17.2 Å². The van der Waals surface area contributed by atoms with Gasteiger partial charge >= 0.3 is 6.61 Å². The average Bonchev–Trinajstić information content (AvgIpc) is 3.58. The number of para-hydroxylation sites is 1. The highest BCUT2D eigenvalue weighted by atomic mass is 32.2. The van der Waals surface area contributed by atoms with Crippen molar-refractivity contribution < 1.29 is 27.5 Å². The van der Waals surface area contributed by atoms with Crippen LogP contribution >= 0.6 is 11.8 Å². The SMILES string of the molecule is O=C(CSC1=N/C(=C/c2ccco2)C(=O)N1c1ccc(OC(F)F)cc1)c1c[nH]c2ccccc12. The molecular formula is C25H17F2N3O4S. The molecule has 10 heteroatoms. The molecule has 3 heterocycles. The smallest absolute Gasteiger partial charge is 0.387 e. The number of anilines is 1. The molecule has 0 saturated carbocycles. The molecule has 35 heavy (non-hydrogen) atoms. The minimum atomic E-state index is -2.96. The second kappa shape index (κ2) is 9.59. The van der Waals surface area contributed by atoms with Crippen LogP contribution in [-0.4, -0.2) is 34.2 Å². The Morgan fingerprint density at radius 1 is 1.14 bits per heavy atom. The normalized spacial score (nSPS) is 14.8. The van der Waals surface area contributed by atoms with E-state index in [-0.39, 0.29) is 28.2 Å². The number of hydrogen-bond donors (Lipinski definition) is 1. The summed E-state index contributed by atoms with van der Waals surface area (Å²) < 4.78 is 34.7. The lowest BCUT2D eigenvalue weighted by Gasteiger charge is -2.18. The van der Waals surface area contributed by atoms with Crippen LogP contribution in [0.2, 0.25) is 0 Å². The fourth-order valence-corrected chi connectivity index (χ4v) is 4.51. The summed E-state index contributed by atoms with van der Waals surface area (Å²) in [7, 11) is 0. The van der Waals surface area contributed by atoms with E-state index in [4.69, 9.17) is 4.42 Å². The maximum absolute atomic E-state index is 13.2. The molecule has 0 saturated heterocycles. The number of thioether (sulfide) groups is 1. The maximum Gasteiger partial charge on any atom is 0.387 e. The third kappa shape index (κ3) is 4.73. The van der Waals surface area contributed by atoms with Crippen LogP contribution in [0.5, 0.6) is 5.75 Å². The van der Waals surface area contributed by atoms with E-state index in [1.807, 2.05) is 24.3 Å². The lowest BCUT2D eigenvalue weighted by Crippen LogP contribution is -2.30. The van der Waals surface area contributed by atoms with Gasteiger partial charge in [-0.25, -0.2) is 4.99 Å². The second-order valence-corrected chi connectivity index (χ2v) is 8.35. The number of fused-ring (bicyclic) bond motifs is 1. The van der Waals surface area contributed by atoms with Crippen LogP contribution in [0.4, 0.5) is 14.5 Å². The van der Waals surface area contributed by atoms with E-state index in [9.17, 15) is 18.4 Å². The highest BCUT2D eigenvalue weighted by Crippen LogP contribution is 2.31. The van der Waals surface area contributed by atoms with Crippen molar-refractivity contribution in [3.05, 3.63) is 90.1 Å². The largest absolute Gasteiger partial charge is 0.465 e. The highest BCUT2D eigenvalue weighted by Gasteiger charge is 2.33. The first-order valence-corrected chi connectivity index (χ1v) is 11.4. The molecule has 0 aliphatic carbocycles. The number of furan rings is 1. The molecule has 1 amide bonds. The van der Waals surface area contributed by atoms with Gasteiger partial charge in [0.15, 0.2) is 11.0 Å². The molecule has 1 aliphatic heterocycles. The predicted molar refractivity (Wildman–Crippen MR) is 130 cm³/mol. The first kappa shape index (κ1) is 22.6. The monoisotopic (exact) mass is 493 g/mol. The van der Waals surface area contributed by atoms with Crippen molar-refractivity contribution in [3.63, 3.8) is 0 Å². The third-order valence-corrected chi connectivity index (χ3v) is 6.13. The van der Waals surface area contributed by atoms with Crippen molar-refractivity contribution in [1.29, 1.82) is 0 Å². The molecule has 2 aromatic heterocycles. The maximum atomic E-state index is 13.2. The number of carbonyl (C=O) groups excluding carboxylic acids is 2. The van der Waals surface area contributed by atoms with Crippen LogP contribution in [-0.2, 0) is 4.79 Å². The van der Waals surface area contributed by atoms with Crippen LogP contribution in [0.25, 0.3) is 17.0 Å². The summed E-state index contributed by atoms with van der Waals surface area (Å²) in [5.74, 6) is -0.135. The number of aromatic amines is 1. The molecule has 5 rings (SSSR count). The summed E-state index contributed by atoms with van der Waals surface area (Å²) in [5.41, 5.74) is 1.91. The van der Waals surface area contributed by atoms with E-state index < -0.39 is 12.5 Å². The molecule has 0 fully saturated rings. The quantitative estimate of drug-likeness (QED) is 0.263. The lowest BCUT2D eigenvalue weighted by atomic mass is 10.1. The first-order valence-electron chi connectivity index (χ1n) is 10.4. The number of carbonyl (C=O) groups is 2. The zero-order chi connectivity index (χ0) is 24.4. The van der Waals surface area contributed by atoms with Crippen LogP contribution in [0, 0.1) is 0 Å². The lowest BCUT2D eigenvalue weighted by molar-refractivity contribution is -0.113. The minimum Gasteiger partial charge on any atom is -0.465 e. The third-order valence-electron chi connectivity index (χ3n) is 5.19. The van der Waals surface area contributed by atoms with E-state index >= 15 is 0 Å².